The fraction of sp³-hybridized carbons (Fsp3) is 0.571. The van der Waals surface area contributed by atoms with Crippen molar-refractivity contribution in [1.82, 2.24) is 20.4 Å². The van der Waals surface area contributed by atoms with Crippen LogP contribution in [0.1, 0.15) is 36.5 Å². The van der Waals surface area contributed by atoms with Crippen LogP contribution in [0.25, 0.3) is 0 Å². The van der Waals surface area contributed by atoms with Gasteiger partial charge in [-0.2, -0.15) is 5.10 Å². The molecule has 0 aliphatic heterocycles. The van der Waals surface area contributed by atoms with E-state index in [9.17, 15) is 14.4 Å². The first-order valence-electron chi connectivity index (χ1n) is 7.01. The molecular weight excluding hydrogens is 288 g/mol. The number of aromatic nitrogens is 2. The van der Waals surface area contributed by atoms with Crippen LogP contribution in [0.5, 0.6) is 0 Å². The van der Waals surface area contributed by atoms with E-state index in [0.29, 0.717) is 6.42 Å². The highest BCUT2D eigenvalue weighted by atomic mass is 16.4. The van der Waals surface area contributed by atoms with E-state index in [4.69, 9.17) is 5.11 Å². The summed E-state index contributed by atoms with van der Waals surface area (Å²) in [5.41, 5.74) is 1.03. The summed E-state index contributed by atoms with van der Waals surface area (Å²) < 4.78 is 1.55. The predicted molar refractivity (Wildman–Crippen MR) is 79.3 cm³/mol. The molecule has 0 saturated carbocycles. The van der Waals surface area contributed by atoms with E-state index in [1.807, 2.05) is 13.8 Å². The van der Waals surface area contributed by atoms with Crippen LogP contribution in [-0.2, 0) is 16.6 Å². The van der Waals surface area contributed by atoms with E-state index in [2.05, 4.69) is 15.7 Å². The zero-order chi connectivity index (χ0) is 16.9. The molecule has 0 spiro atoms. The van der Waals surface area contributed by atoms with Crippen molar-refractivity contribution in [2.45, 2.75) is 33.2 Å². The molecule has 8 heteroatoms. The number of nitrogens with one attached hydrogen (secondary N) is 2. The van der Waals surface area contributed by atoms with Gasteiger partial charge in [0.1, 0.15) is 11.7 Å². The lowest BCUT2D eigenvalue weighted by Gasteiger charge is -2.16. The number of nitrogens with zero attached hydrogens (tertiary/aromatic N) is 2. The predicted octanol–water partition coefficient (Wildman–Crippen LogP) is 0.0738. The Kier molecular flexibility index (Phi) is 6.09. The number of rotatable bonds is 7. The highest BCUT2D eigenvalue weighted by Gasteiger charge is 2.21. The van der Waals surface area contributed by atoms with Gasteiger partial charge in [0.15, 0.2) is 0 Å². The summed E-state index contributed by atoms with van der Waals surface area (Å²) >= 11 is 0. The molecular formula is C14H22N4O4. The number of carbonyl (C=O) groups excluding carboxylic acids is 2. The van der Waals surface area contributed by atoms with E-state index >= 15 is 0 Å². The lowest BCUT2D eigenvalue weighted by molar-refractivity contribution is -0.142. The summed E-state index contributed by atoms with van der Waals surface area (Å²) in [5, 5.41) is 17.8. The van der Waals surface area contributed by atoms with Crippen molar-refractivity contribution >= 4 is 17.8 Å². The molecule has 22 heavy (non-hydrogen) atoms. The first kappa shape index (κ1) is 17.7. The number of hydrogen-bond donors (Lipinski definition) is 3. The average Bonchev–Trinajstić information content (AvgIpc) is 2.74. The van der Waals surface area contributed by atoms with Gasteiger partial charge >= 0.3 is 5.97 Å². The Morgan fingerprint density at radius 1 is 1.36 bits per heavy atom. The summed E-state index contributed by atoms with van der Waals surface area (Å²) in [6.45, 7) is 5.25. The van der Waals surface area contributed by atoms with Gasteiger partial charge in [0.05, 0.1) is 6.54 Å². The van der Waals surface area contributed by atoms with E-state index < -0.39 is 23.8 Å². The zero-order valence-corrected chi connectivity index (χ0v) is 13.2. The third-order valence-corrected chi connectivity index (χ3v) is 3.10. The van der Waals surface area contributed by atoms with Crippen LogP contribution in [0.15, 0.2) is 6.07 Å². The Hall–Kier alpha value is -2.38. The van der Waals surface area contributed by atoms with Crippen molar-refractivity contribution in [3.8, 4) is 0 Å². The van der Waals surface area contributed by atoms with Gasteiger partial charge in [-0.05, 0) is 25.3 Å². The van der Waals surface area contributed by atoms with E-state index in [0.717, 1.165) is 5.69 Å². The van der Waals surface area contributed by atoms with Gasteiger partial charge in [0, 0.05) is 12.7 Å². The summed E-state index contributed by atoms with van der Waals surface area (Å²) in [6, 6.07) is 0.646. The molecule has 0 aliphatic rings. The van der Waals surface area contributed by atoms with Crippen LogP contribution in [0.3, 0.4) is 0 Å². The molecule has 1 rings (SSSR count). The normalized spacial score (nSPS) is 12.0. The highest BCUT2D eigenvalue weighted by molar-refractivity contribution is 5.95. The maximum absolute atomic E-state index is 11.8. The monoisotopic (exact) mass is 310 g/mol. The quantitative estimate of drug-likeness (QED) is 0.660. The molecule has 0 radical (unpaired) electrons. The van der Waals surface area contributed by atoms with Crippen molar-refractivity contribution in [2.75, 3.05) is 6.54 Å². The van der Waals surface area contributed by atoms with Gasteiger partial charge in [0.25, 0.3) is 5.91 Å². The van der Waals surface area contributed by atoms with Gasteiger partial charge in [0.2, 0.25) is 5.91 Å². The summed E-state index contributed by atoms with van der Waals surface area (Å²) in [7, 11) is 1.71. The van der Waals surface area contributed by atoms with Gasteiger partial charge in [-0.3, -0.25) is 14.3 Å². The standard InChI is InChI=1S/C14H22N4O4/c1-8(2)5-11(14(21)22)16-12(19)7-15-13(20)10-6-9(3)18(4)17-10/h6,8,11H,5,7H2,1-4H3,(H,15,20)(H,16,19)(H,21,22)/t11-/m0/s1. The largest absolute Gasteiger partial charge is 0.480 e. The lowest BCUT2D eigenvalue weighted by Crippen LogP contribution is -2.46. The van der Waals surface area contributed by atoms with Gasteiger partial charge in [-0.1, -0.05) is 13.8 Å². The van der Waals surface area contributed by atoms with Crippen LogP contribution >= 0.6 is 0 Å². The molecule has 0 aliphatic carbocycles. The Labute approximate surface area is 128 Å². The molecule has 1 atom stereocenters. The number of carboxylic acids is 1. The summed E-state index contributed by atoms with van der Waals surface area (Å²) in [6.07, 6.45) is 0.328. The molecule has 1 aromatic rings. The fourth-order valence-electron chi connectivity index (χ4n) is 1.86. The van der Waals surface area contributed by atoms with Crippen molar-refractivity contribution in [3.63, 3.8) is 0 Å². The molecule has 0 aromatic carbocycles. The van der Waals surface area contributed by atoms with Crippen LogP contribution in [0.4, 0.5) is 0 Å². The summed E-state index contributed by atoms with van der Waals surface area (Å²) in [4.78, 5) is 34.6. The second-order valence-corrected chi connectivity index (χ2v) is 5.57. The maximum atomic E-state index is 11.8. The van der Waals surface area contributed by atoms with Crippen molar-refractivity contribution < 1.29 is 19.5 Å². The maximum Gasteiger partial charge on any atom is 0.326 e. The van der Waals surface area contributed by atoms with Gasteiger partial charge in [-0.15, -0.1) is 0 Å². The van der Waals surface area contributed by atoms with Crippen molar-refractivity contribution in [2.24, 2.45) is 13.0 Å². The number of carboxylic acid groups (broad SMARTS) is 1. The van der Waals surface area contributed by atoms with Crippen molar-refractivity contribution in [3.05, 3.63) is 17.5 Å². The van der Waals surface area contributed by atoms with E-state index in [-0.39, 0.29) is 18.2 Å². The first-order valence-corrected chi connectivity index (χ1v) is 7.01. The van der Waals surface area contributed by atoms with Crippen LogP contribution in [-0.4, -0.2) is 45.3 Å². The molecule has 0 bridgehead atoms. The fourth-order valence-corrected chi connectivity index (χ4v) is 1.86. The molecule has 2 amide bonds. The number of aliphatic carboxylic acids is 1. The average molecular weight is 310 g/mol. The minimum Gasteiger partial charge on any atom is -0.480 e. The molecule has 122 valence electrons. The molecule has 0 unspecified atom stereocenters. The highest BCUT2D eigenvalue weighted by Crippen LogP contribution is 2.05. The third-order valence-electron chi connectivity index (χ3n) is 3.10. The topological polar surface area (TPSA) is 113 Å². The van der Waals surface area contributed by atoms with Gasteiger partial charge < -0.3 is 15.7 Å². The van der Waals surface area contributed by atoms with E-state index in [1.165, 1.54) is 0 Å². The molecule has 0 fully saturated rings. The molecule has 1 heterocycles. The number of carbonyl (C=O) groups is 3. The van der Waals surface area contributed by atoms with Crippen molar-refractivity contribution in [1.29, 1.82) is 0 Å². The Bertz CT molecular complexity index is 546. The van der Waals surface area contributed by atoms with Crippen LogP contribution in [0.2, 0.25) is 0 Å². The van der Waals surface area contributed by atoms with Gasteiger partial charge in [-0.25, -0.2) is 4.79 Å². The lowest BCUT2D eigenvalue weighted by atomic mass is 10.0. The molecule has 3 N–H and O–H groups in total. The van der Waals surface area contributed by atoms with E-state index in [1.54, 1.807) is 24.7 Å². The van der Waals surface area contributed by atoms with Crippen LogP contribution < -0.4 is 10.6 Å². The summed E-state index contributed by atoms with van der Waals surface area (Å²) in [5.74, 6) is -1.98. The molecule has 1 aromatic heterocycles. The minimum absolute atomic E-state index is 0.132. The number of amides is 2. The SMILES string of the molecule is Cc1cc(C(=O)NCC(=O)N[C@@H](CC(C)C)C(=O)O)nn1C. The number of aryl methyl sites for hydroxylation is 2. The minimum atomic E-state index is -1.09. The molecule has 8 nitrogen and oxygen atoms in total. The molecule has 0 saturated heterocycles. The Balaban J connectivity index is 2.51. The third kappa shape index (κ3) is 5.19. The van der Waals surface area contributed by atoms with Crippen LogP contribution in [0, 0.1) is 12.8 Å². The number of hydrogen-bond acceptors (Lipinski definition) is 4. The smallest absolute Gasteiger partial charge is 0.326 e. The second-order valence-electron chi connectivity index (χ2n) is 5.57. The zero-order valence-electron chi connectivity index (χ0n) is 13.2. The second kappa shape index (κ2) is 7.58. The Morgan fingerprint density at radius 3 is 2.45 bits per heavy atom. The first-order chi connectivity index (χ1) is 10.2. The Morgan fingerprint density at radius 2 is 2.00 bits per heavy atom.